The van der Waals surface area contributed by atoms with E-state index in [-0.39, 0.29) is 30.7 Å². The zero-order chi connectivity index (χ0) is 22.1. The van der Waals surface area contributed by atoms with Gasteiger partial charge in [-0.25, -0.2) is 9.37 Å². The largest absolute Gasteiger partial charge is 0.326 e. The molecule has 2 aromatic carbocycles. The first kappa shape index (κ1) is 20.9. The van der Waals surface area contributed by atoms with Crippen LogP contribution in [0.3, 0.4) is 0 Å². The molecule has 158 valence electrons. The molecule has 0 saturated carbocycles. The minimum absolute atomic E-state index is 0.0844. The molecule has 3 amide bonds. The van der Waals surface area contributed by atoms with Crippen molar-refractivity contribution < 1.29 is 18.8 Å². The van der Waals surface area contributed by atoms with Crippen LogP contribution in [0.5, 0.6) is 0 Å². The van der Waals surface area contributed by atoms with Crippen LogP contribution in [0.25, 0.3) is 5.69 Å². The smallest absolute Gasteiger partial charge is 0.261 e. The van der Waals surface area contributed by atoms with Crippen LogP contribution in [-0.2, 0) is 4.79 Å². The number of amides is 3. The summed E-state index contributed by atoms with van der Waals surface area (Å²) in [7, 11) is 0. The normalized spacial score (nSPS) is 12.9. The highest BCUT2D eigenvalue weighted by molar-refractivity contribution is 9.10. The first-order chi connectivity index (χ1) is 14.8. The molecule has 0 unspecified atom stereocenters. The van der Waals surface area contributed by atoms with Crippen LogP contribution in [0, 0.1) is 12.7 Å². The van der Waals surface area contributed by atoms with Gasteiger partial charge < -0.3 is 9.88 Å². The van der Waals surface area contributed by atoms with E-state index in [1.54, 1.807) is 54.2 Å². The van der Waals surface area contributed by atoms with Gasteiger partial charge >= 0.3 is 0 Å². The highest BCUT2D eigenvalue weighted by Gasteiger charge is 2.35. The van der Waals surface area contributed by atoms with Crippen molar-refractivity contribution in [2.45, 2.75) is 19.8 Å². The van der Waals surface area contributed by atoms with Crippen molar-refractivity contribution in [1.29, 1.82) is 0 Å². The van der Waals surface area contributed by atoms with E-state index < -0.39 is 5.82 Å². The fourth-order valence-corrected chi connectivity index (χ4v) is 3.86. The van der Waals surface area contributed by atoms with Gasteiger partial charge in [0.05, 0.1) is 16.8 Å². The van der Waals surface area contributed by atoms with E-state index in [9.17, 15) is 18.8 Å². The molecule has 0 bridgehead atoms. The van der Waals surface area contributed by atoms with Gasteiger partial charge in [-0.15, -0.1) is 0 Å². The van der Waals surface area contributed by atoms with Gasteiger partial charge in [-0.05, 0) is 49.7 Å². The molecule has 9 heteroatoms. The second-order valence-electron chi connectivity index (χ2n) is 7.11. The van der Waals surface area contributed by atoms with Crippen molar-refractivity contribution >= 4 is 39.3 Å². The Morgan fingerprint density at radius 3 is 2.61 bits per heavy atom. The van der Waals surface area contributed by atoms with Crippen molar-refractivity contribution in [3.63, 3.8) is 0 Å². The Labute approximate surface area is 186 Å². The lowest BCUT2D eigenvalue weighted by Crippen LogP contribution is -2.31. The predicted octanol–water partition coefficient (Wildman–Crippen LogP) is 4.10. The quantitative estimate of drug-likeness (QED) is 0.533. The van der Waals surface area contributed by atoms with Crippen LogP contribution in [0.1, 0.15) is 39.4 Å². The molecule has 4 rings (SSSR count). The second kappa shape index (κ2) is 8.43. The third-order valence-corrected chi connectivity index (χ3v) is 5.53. The summed E-state index contributed by atoms with van der Waals surface area (Å²) in [5, 5.41) is 2.64. The maximum atomic E-state index is 14.5. The lowest BCUT2D eigenvalue weighted by Gasteiger charge is -2.13. The maximum Gasteiger partial charge on any atom is 0.261 e. The van der Waals surface area contributed by atoms with Gasteiger partial charge in [0.15, 0.2) is 0 Å². The number of rotatable bonds is 6. The number of imide groups is 1. The Hall–Kier alpha value is -3.33. The van der Waals surface area contributed by atoms with Crippen molar-refractivity contribution in [1.82, 2.24) is 14.5 Å². The van der Waals surface area contributed by atoms with Crippen LogP contribution in [0.15, 0.2) is 53.3 Å². The van der Waals surface area contributed by atoms with Crippen molar-refractivity contribution in [3.8, 4) is 5.69 Å². The van der Waals surface area contributed by atoms with Gasteiger partial charge in [0.25, 0.3) is 11.8 Å². The Balaban J connectivity index is 1.33. The van der Waals surface area contributed by atoms with Crippen molar-refractivity contribution in [2.75, 3.05) is 11.9 Å². The minimum Gasteiger partial charge on any atom is -0.326 e. The molecule has 0 fully saturated rings. The molecular formula is C22H18BrFN4O3. The summed E-state index contributed by atoms with van der Waals surface area (Å²) in [4.78, 5) is 42.3. The van der Waals surface area contributed by atoms with Crippen LogP contribution < -0.4 is 5.32 Å². The summed E-state index contributed by atoms with van der Waals surface area (Å²) in [5.74, 6) is -0.896. The number of halogens is 2. The fraction of sp³-hybridized carbons (Fsp3) is 0.182. The number of hydrogen-bond acceptors (Lipinski definition) is 4. The van der Waals surface area contributed by atoms with Crippen LogP contribution in [-0.4, -0.2) is 38.7 Å². The number of aromatic nitrogens is 2. The molecular weight excluding hydrogens is 467 g/mol. The Bertz CT molecular complexity index is 1210. The minimum atomic E-state index is -0.490. The number of imidazole rings is 1. The first-order valence-electron chi connectivity index (χ1n) is 9.60. The molecule has 3 aromatic rings. The molecule has 1 aliphatic rings. The number of fused-ring (bicyclic) bond motifs is 1. The number of nitrogens with one attached hydrogen (secondary N) is 1. The summed E-state index contributed by atoms with van der Waals surface area (Å²) in [6.45, 7) is 1.90. The standard InChI is InChI=1S/C22H18BrFN4O3/c1-13-25-8-10-27(13)19-7-5-15(12-18(19)24)26-20(29)3-2-9-28-21(30)16-6-4-14(23)11-17(16)22(28)31/h4-8,10-12H,2-3,9H2,1H3,(H,26,29). The lowest BCUT2D eigenvalue weighted by atomic mass is 10.1. The highest BCUT2D eigenvalue weighted by Crippen LogP contribution is 2.26. The number of anilines is 1. The van der Waals surface area contributed by atoms with Gasteiger partial charge in [-0.3, -0.25) is 19.3 Å². The number of carbonyl (C=O) groups is 3. The lowest BCUT2D eigenvalue weighted by molar-refractivity contribution is -0.116. The van der Waals surface area contributed by atoms with Gasteiger partial charge in [-0.1, -0.05) is 15.9 Å². The third kappa shape index (κ3) is 4.13. The molecule has 0 atom stereocenters. The van der Waals surface area contributed by atoms with E-state index in [0.717, 1.165) is 9.37 Å². The average molecular weight is 485 g/mol. The Kier molecular flexibility index (Phi) is 5.69. The molecule has 1 N–H and O–H groups in total. The molecule has 0 spiro atoms. The molecule has 2 heterocycles. The predicted molar refractivity (Wildman–Crippen MR) is 116 cm³/mol. The summed E-state index contributed by atoms with van der Waals surface area (Å²) < 4.78 is 16.8. The monoisotopic (exact) mass is 484 g/mol. The van der Waals surface area contributed by atoms with E-state index >= 15 is 0 Å². The van der Waals surface area contributed by atoms with Crippen molar-refractivity contribution in [3.05, 3.63) is 76.0 Å². The Morgan fingerprint density at radius 1 is 1.13 bits per heavy atom. The highest BCUT2D eigenvalue weighted by atomic mass is 79.9. The SMILES string of the molecule is Cc1nccn1-c1ccc(NC(=O)CCCN2C(=O)c3ccc(Br)cc3C2=O)cc1F. The van der Waals surface area contributed by atoms with Crippen LogP contribution >= 0.6 is 15.9 Å². The average Bonchev–Trinajstić information content (AvgIpc) is 3.24. The van der Waals surface area contributed by atoms with Gasteiger partial charge in [0.2, 0.25) is 5.91 Å². The Morgan fingerprint density at radius 2 is 1.90 bits per heavy atom. The zero-order valence-electron chi connectivity index (χ0n) is 16.6. The molecule has 0 aliphatic carbocycles. The number of nitrogens with zero attached hydrogens (tertiary/aromatic N) is 3. The van der Waals surface area contributed by atoms with E-state index in [1.807, 2.05) is 0 Å². The summed E-state index contributed by atoms with van der Waals surface area (Å²) in [6.07, 6.45) is 3.62. The molecule has 0 radical (unpaired) electrons. The summed E-state index contributed by atoms with van der Waals surface area (Å²) in [6, 6.07) is 9.35. The second-order valence-corrected chi connectivity index (χ2v) is 8.03. The molecule has 31 heavy (non-hydrogen) atoms. The van der Waals surface area contributed by atoms with Gasteiger partial charge in [0.1, 0.15) is 11.6 Å². The maximum absolute atomic E-state index is 14.5. The summed E-state index contributed by atoms with van der Waals surface area (Å²) >= 11 is 3.29. The topological polar surface area (TPSA) is 84.3 Å². The zero-order valence-corrected chi connectivity index (χ0v) is 18.1. The molecule has 7 nitrogen and oxygen atoms in total. The fourth-order valence-electron chi connectivity index (χ4n) is 3.50. The molecule has 0 saturated heterocycles. The molecule has 1 aromatic heterocycles. The summed E-state index contributed by atoms with van der Waals surface area (Å²) in [5.41, 5.74) is 1.38. The van der Waals surface area contributed by atoms with Crippen LogP contribution in [0.2, 0.25) is 0 Å². The number of benzene rings is 2. The van der Waals surface area contributed by atoms with E-state index in [4.69, 9.17) is 0 Å². The molecule has 1 aliphatic heterocycles. The van der Waals surface area contributed by atoms with Crippen molar-refractivity contribution in [2.24, 2.45) is 0 Å². The van der Waals surface area contributed by atoms with Gasteiger partial charge in [-0.2, -0.15) is 0 Å². The number of aryl methyl sites for hydroxylation is 1. The van der Waals surface area contributed by atoms with E-state index in [2.05, 4.69) is 26.2 Å². The first-order valence-corrected chi connectivity index (χ1v) is 10.4. The van der Waals surface area contributed by atoms with Crippen LogP contribution in [0.4, 0.5) is 10.1 Å². The number of hydrogen-bond donors (Lipinski definition) is 1. The van der Waals surface area contributed by atoms with E-state index in [0.29, 0.717) is 34.7 Å². The van der Waals surface area contributed by atoms with E-state index in [1.165, 1.54) is 6.07 Å². The van der Waals surface area contributed by atoms with Gasteiger partial charge in [0, 0.05) is 35.5 Å². The third-order valence-electron chi connectivity index (χ3n) is 5.04. The number of carbonyl (C=O) groups excluding carboxylic acids is 3.